The lowest BCUT2D eigenvalue weighted by Crippen LogP contribution is -2.56. The van der Waals surface area contributed by atoms with Crippen LogP contribution in [0.4, 0.5) is 4.39 Å². The highest BCUT2D eigenvalue weighted by molar-refractivity contribution is 5.91. The molecule has 3 saturated heterocycles. The average molecular weight is 420 g/mol. The van der Waals surface area contributed by atoms with Crippen molar-refractivity contribution in [1.82, 2.24) is 20.2 Å². The first-order valence-electron chi connectivity index (χ1n) is 10.7. The molecule has 6 nitrogen and oxygen atoms in total. The smallest absolute Gasteiger partial charge is 0.287 e. The Morgan fingerprint density at radius 2 is 2.10 bits per heavy atom. The van der Waals surface area contributed by atoms with E-state index in [-0.39, 0.29) is 11.7 Å². The van der Waals surface area contributed by atoms with Gasteiger partial charge in [-0.05, 0) is 74.7 Å². The Bertz CT molecular complexity index is 1070. The Labute approximate surface area is 180 Å². The molecule has 3 aromatic rings. The van der Waals surface area contributed by atoms with Crippen LogP contribution in [0.3, 0.4) is 0 Å². The molecule has 3 aliphatic heterocycles. The Balaban J connectivity index is 1.30. The zero-order chi connectivity index (χ0) is 21.4. The number of carbonyl (C=O) groups excluding carboxylic acids is 1. The highest BCUT2D eigenvalue weighted by atomic mass is 19.1. The van der Waals surface area contributed by atoms with Gasteiger partial charge >= 0.3 is 0 Å². The number of benzene rings is 1. The van der Waals surface area contributed by atoms with Crippen LogP contribution in [0.15, 0.2) is 53.1 Å². The van der Waals surface area contributed by atoms with Gasteiger partial charge in [-0.3, -0.25) is 9.69 Å². The Morgan fingerprint density at radius 3 is 2.81 bits per heavy atom. The second-order valence-corrected chi connectivity index (χ2v) is 8.46. The van der Waals surface area contributed by atoms with Crippen LogP contribution in [0.5, 0.6) is 0 Å². The molecule has 2 bridgehead atoms. The molecule has 2 aromatic heterocycles. The predicted molar refractivity (Wildman–Crippen MR) is 114 cm³/mol. The van der Waals surface area contributed by atoms with E-state index in [4.69, 9.17) is 9.40 Å². The summed E-state index contributed by atoms with van der Waals surface area (Å²) in [5.41, 5.74) is 2.79. The SMILES string of the molecule is Cc1nc(-c2ccc(F)cc2)cc([C@H]2CN3CC[C@H]2C[C@@H]3CNC(=O)c2ccco2)n1. The van der Waals surface area contributed by atoms with Crippen LogP contribution in [0.2, 0.25) is 0 Å². The molecule has 1 N–H and O–H groups in total. The standard InChI is InChI=1S/C24H25FN4O2/c1-15-27-21(16-4-6-18(25)7-5-16)12-22(28-15)20-14-29-9-8-17(20)11-19(29)13-26-24(30)23-3-2-10-31-23/h2-7,10,12,17,19-20H,8-9,11,13-14H2,1H3,(H,26,30)/t17-,19+,20-/m0/s1. The van der Waals surface area contributed by atoms with Crippen molar-refractivity contribution in [2.24, 2.45) is 5.92 Å². The number of aromatic nitrogens is 2. The van der Waals surface area contributed by atoms with Crippen LogP contribution in [-0.2, 0) is 0 Å². The maximum atomic E-state index is 13.3. The normalized spacial score (nSPS) is 24.8. The van der Waals surface area contributed by atoms with E-state index in [0.717, 1.165) is 48.7 Å². The van der Waals surface area contributed by atoms with Crippen LogP contribution >= 0.6 is 0 Å². The van der Waals surface area contributed by atoms with Gasteiger partial charge in [-0.2, -0.15) is 0 Å². The molecule has 0 saturated carbocycles. The second kappa shape index (κ2) is 8.23. The van der Waals surface area contributed by atoms with Crippen molar-refractivity contribution in [3.8, 4) is 11.3 Å². The molecule has 5 heterocycles. The van der Waals surface area contributed by atoms with Crippen molar-refractivity contribution in [3.63, 3.8) is 0 Å². The van der Waals surface area contributed by atoms with Gasteiger partial charge in [0.1, 0.15) is 11.6 Å². The molecule has 31 heavy (non-hydrogen) atoms. The minimum absolute atomic E-state index is 0.167. The number of furan rings is 1. The van der Waals surface area contributed by atoms with E-state index in [9.17, 15) is 9.18 Å². The Morgan fingerprint density at radius 1 is 1.26 bits per heavy atom. The third kappa shape index (κ3) is 4.10. The van der Waals surface area contributed by atoms with Crippen LogP contribution < -0.4 is 5.32 Å². The third-order valence-electron chi connectivity index (χ3n) is 6.50. The minimum atomic E-state index is -0.252. The summed E-state index contributed by atoms with van der Waals surface area (Å²) >= 11 is 0. The van der Waals surface area contributed by atoms with Gasteiger partial charge in [-0.1, -0.05) is 0 Å². The molecular weight excluding hydrogens is 395 g/mol. The quantitative estimate of drug-likeness (QED) is 0.680. The van der Waals surface area contributed by atoms with Crippen LogP contribution in [0.25, 0.3) is 11.3 Å². The summed E-state index contributed by atoms with van der Waals surface area (Å²) < 4.78 is 18.5. The molecule has 0 spiro atoms. The topological polar surface area (TPSA) is 71.3 Å². The number of piperidine rings is 3. The number of hydrogen-bond acceptors (Lipinski definition) is 5. The maximum Gasteiger partial charge on any atom is 0.287 e. The number of hydrogen-bond donors (Lipinski definition) is 1. The average Bonchev–Trinajstić information content (AvgIpc) is 3.33. The number of aryl methyl sites for hydroxylation is 1. The number of amides is 1. The molecule has 1 aromatic carbocycles. The van der Waals surface area contributed by atoms with E-state index in [2.05, 4.69) is 21.3 Å². The van der Waals surface area contributed by atoms with Crippen molar-refractivity contribution in [2.45, 2.75) is 31.7 Å². The van der Waals surface area contributed by atoms with Gasteiger partial charge in [0.2, 0.25) is 0 Å². The first-order chi connectivity index (χ1) is 15.1. The molecule has 0 aliphatic carbocycles. The number of rotatable bonds is 5. The summed E-state index contributed by atoms with van der Waals surface area (Å²) in [4.78, 5) is 24.0. The maximum absolute atomic E-state index is 13.3. The first-order valence-corrected chi connectivity index (χ1v) is 10.7. The molecule has 1 amide bonds. The van der Waals surface area contributed by atoms with Crippen molar-refractivity contribution in [1.29, 1.82) is 0 Å². The molecule has 3 aliphatic rings. The monoisotopic (exact) mass is 420 g/mol. The minimum Gasteiger partial charge on any atom is -0.459 e. The van der Waals surface area contributed by atoms with Crippen molar-refractivity contribution >= 4 is 5.91 Å². The molecule has 6 rings (SSSR count). The molecular formula is C24H25FN4O2. The fourth-order valence-corrected chi connectivity index (χ4v) is 4.94. The number of fused-ring (bicyclic) bond motifs is 3. The van der Waals surface area contributed by atoms with Gasteiger partial charge in [0.05, 0.1) is 12.0 Å². The fourth-order valence-electron chi connectivity index (χ4n) is 4.94. The van der Waals surface area contributed by atoms with Crippen molar-refractivity contribution in [3.05, 3.63) is 71.8 Å². The molecule has 160 valence electrons. The zero-order valence-corrected chi connectivity index (χ0v) is 17.4. The largest absolute Gasteiger partial charge is 0.459 e. The number of nitrogens with zero attached hydrogens (tertiary/aromatic N) is 3. The van der Waals surface area contributed by atoms with E-state index < -0.39 is 0 Å². The summed E-state index contributed by atoms with van der Waals surface area (Å²) in [6, 6.07) is 12.2. The lowest BCUT2D eigenvalue weighted by Gasteiger charge is -2.49. The summed E-state index contributed by atoms with van der Waals surface area (Å²) in [5, 5.41) is 3.01. The lowest BCUT2D eigenvalue weighted by molar-refractivity contribution is 0.0288. The van der Waals surface area contributed by atoms with E-state index in [1.807, 2.05) is 6.92 Å². The molecule has 0 radical (unpaired) electrons. The van der Waals surface area contributed by atoms with E-state index in [1.165, 1.54) is 18.4 Å². The highest BCUT2D eigenvalue weighted by Gasteiger charge is 2.41. The lowest BCUT2D eigenvalue weighted by atomic mass is 9.74. The van der Waals surface area contributed by atoms with Gasteiger partial charge in [-0.15, -0.1) is 0 Å². The van der Waals surface area contributed by atoms with Gasteiger partial charge in [0, 0.05) is 36.3 Å². The fraction of sp³-hybridized carbons (Fsp3) is 0.375. The Hall–Kier alpha value is -3.06. The second-order valence-electron chi connectivity index (χ2n) is 8.46. The Kier molecular flexibility index (Phi) is 5.28. The van der Waals surface area contributed by atoms with Crippen molar-refractivity contribution < 1.29 is 13.6 Å². The predicted octanol–water partition coefficient (Wildman–Crippen LogP) is 3.79. The number of halogens is 1. The van der Waals surface area contributed by atoms with Crippen LogP contribution in [0, 0.1) is 18.7 Å². The highest BCUT2D eigenvalue weighted by Crippen LogP contribution is 2.41. The third-order valence-corrected chi connectivity index (χ3v) is 6.50. The van der Waals surface area contributed by atoms with E-state index >= 15 is 0 Å². The van der Waals surface area contributed by atoms with Crippen molar-refractivity contribution in [2.75, 3.05) is 19.6 Å². The van der Waals surface area contributed by atoms with E-state index in [0.29, 0.717) is 30.2 Å². The zero-order valence-electron chi connectivity index (χ0n) is 17.4. The first kappa shape index (κ1) is 19.9. The van der Waals surface area contributed by atoms with Crippen LogP contribution in [0.1, 0.15) is 40.8 Å². The van der Waals surface area contributed by atoms with Crippen LogP contribution in [-0.4, -0.2) is 46.5 Å². The summed E-state index contributed by atoms with van der Waals surface area (Å²) in [6.07, 6.45) is 3.66. The molecule has 7 heteroatoms. The summed E-state index contributed by atoms with van der Waals surface area (Å²) in [6.45, 7) is 4.49. The van der Waals surface area contributed by atoms with E-state index in [1.54, 1.807) is 24.3 Å². The summed E-state index contributed by atoms with van der Waals surface area (Å²) in [5.74, 6) is 1.52. The van der Waals surface area contributed by atoms with Gasteiger partial charge in [0.15, 0.2) is 5.76 Å². The molecule has 1 unspecified atom stereocenters. The van der Waals surface area contributed by atoms with Gasteiger partial charge < -0.3 is 9.73 Å². The number of carbonyl (C=O) groups is 1. The van der Waals surface area contributed by atoms with Gasteiger partial charge in [0.25, 0.3) is 5.91 Å². The molecule has 3 fully saturated rings. The van der Waals surface area contributed by atoms with Gasteiger partial charge in [-0.25, -0.2) is 14.4 Å². The number of nitrogens with one attached hydrogen (secondary N) is 1. The summed E-state index contributed by atoms with van der Waals surface area (Å²) in [7, 11) is 0. The molecule has 4 atom stereocenters.